The third-order valence-corrected chi connectivity index (χ3v) is 6.71. The first kappa shape index (κ1) is 21.6. The van der Waals surface area contributed by atoms with Crippen LogP contribution >= 0.6 is 23.5 Å². The molecule has 0 heterocycles. The largest absolute Gasteiger partial charge is 0.259 e. The van der Waals surface area contributed by atoms with Gasteiger partial charge in [-0.25, -0.2) is 0 Å². The molecule has 2 rings (SSSR count). The van der Waals surface area contributed by atoms with E-state index in [1.54, 1.807) is 0 Å². The number of hydrogen-bond donors (Lipinski definition) is 0. The molecule has 0 radical (unpaired) electrons. The van der Waals surface area contributed by atoms with Crippen molar-refractivity contribution in [3.8, 4) is 0 Å². The molecule has 0 aliphatic heterocycles. The van der Waals surface area contributed by atoms with Gasteiger partial charge >= 0.3 is 0 Å². The van der Waals surface area contributed by atoms with E-state index < -0.39 is 0 Å². The molecule has 2 aromatic carbocycles. The van der Waals surface area contributed by atoms with Gasteiger partial charge in [0.15, 0.2) is 0 Å². The lowest BCUT2D eigenvalue weighted by Crippen LogP contribution is -1.91. The molecule has 5 heteroatoms. The van der Waals surface area contributed by atoms with Gasteiger partial charge in [0.2, 0.25) is 0 Å². The van der Waals surface area contributed by atoms with Gasteiger partial charge in [0.25, 0.3) is 6.20 Å². The van der Waals surface area contributed by atoms with Crippen LogP contribution in [-0.2, 0) is 11.5 Å². The van der Waals surface area contributed by atoms with Crippen molar-refractivity contribution in [2.45, 2.75) is 51.0 Å². The van der Waals surface area contributed by atoms with Crippen LogP contribution in [0.4, 0.5) is 0 Å². The fourth-order valence-corrected chi connectivity index (χ4v) is 4.52. The molecule has 0 unspecified atom stereocenters. The maximum Gasteiger partial charge on any atom is 0.254 e. The van der Waals surface area contributed by atoms with E-state index in [-0.39, 0.29) is 4.92 Å². The third kappa shape index (κ3) is 7.43. The zero-order valence-electron chi connectivity index (χ0n) is 16.3. The Kier molecular flexibility index (Phi) is 8.45. The first-order chi connectivity index (χ1) is 12.8. The second-order valence-corrected chi connectivity index (χ2v) is 9.40. The SMILES string of the molecule is CC(C)c1ccc(CSC(=C[N+](=O)[O-])SCc2ccc(C(C)C)cc2)cc1. The molecule has 0 fully saturated rings. The zero-order valence-corrected chi connectivity index (χ0v) is 18.0. The first-order valence-corrected chi connectivity index (χ1v) is 11.1. The van der Waals surface area contributed by atoms with Crippen molar-refractivity contribution >= 4 is 23.5 Å². The number of hydrogen-bond acceptors (Lipinski definition) is 4. The maximum atomic E-state index is 11.0. The molecular formula is C22H27NO2S2. The number of benzene rings is 2. The monoisotopic (exact) mass is 401 g/mol. The van der Waals surface area contributed by atoms with Gasteiger partial charge in [0.05, 0.1) is 4.92 Å². The Morgan fingerprint density at radius 2 is 1.22 bits per heavy atom. The number of rotatable bonds is 9. The summed E-state index contributed by atoms with van der Waals surface area (Å²) in [5, 5.41) is 11.0. The molecule has 0 aliphatic rings. The summed E-state index contributed by atoms with van der Waals surface area (Å²) in [4.78, 5) is 10.6. The highest BCUT2D eigenvalue weighted by atomic mass is 32.2. The summed E-state index contributed by atoms with van der Waals surface area (Å²) in [6.07, 6.45) is 1.13. The minimum Gasteiger partial charge on any atom is -0.259 e. The lowest BCUT2D eigenvalue weighted by Gasteiger charge is -2.09. The zero-order chi connectivity index (χ0) is 19.8. The molecule has 3 nitrogen and oxygen atoms in total. The van der Waals surface area contributed by atoms with Crippen LogP contribution in [0.25, 0.3) is 0 Å². The molecular weight excluding hydrogens is 374 g/mol. The summed E-state index contributed by atoms with van der Waals surface area (Å²) in [6, 6.07) is 17.0. The molecule has 0 saturated heterocycles. The third-order valence-electron chi connectivity index (χ3n) is 4.27. The molecule has 0 bridgehead atoms. The van der Waals surface area contributed by atoms with Crippen molar-refractivity contribution in [1.29, 1.82) is 0 Å². The number of nitro groups is 1. The lowest BCUT2D eigenvalue weighted by atomic mass is 10.0. The Morgan fingerprint density at radius 1 is 0.852 bits per heavy atom. The van der Waals surface area contributed by atoms with E-state index >= 15 is 0 Å². The van der Waals surface area contributed by atoms with E-state index in [0.717, 1.165) is 21.9 Å². The van der Waals surface area contributed by atoms with Crippen LogP contribution in [0, 0.1) is 10.1 Å². The second kappa shape index (κ2) is 10.6. The highest BCUT2D eigenvalue weighted by Crippen LogP contribution is 2.34. The van der Waals surface area contributed by atoms with Crippen LogP contribution in [0.15, 0.2) is 59.0 Å². The predicted octanol–water partition coefficient (Wildman–Crippen LogP) is 7.18. The Hall–Kier alpha value is -1.72. The summed E-state index contributed by atoms with van der Waals surface area (Å²) < 4.78 is 0.737. The minimum absolute atomic E-state index is 0.362. The van der Waals surface area contributed by atoms with Crippen molar-refractivity contribution < 1.29 is 4.92 Å². The van der Waals surface area contributed by atoms with Crippen molar-refractivity contribution in [3.05, 3.63) is 91.3 Å². The van der Waals surface area contributed by atoms with Crippen molar-refractivity contribution in [3.63, 3.8) is 0 Å². The van der Waals surface area contributed by atoms with Gasteiger partial charge in [-0.1, -0.05) is 76.2 Å². The van der Waals surface area contributed by atoms with E-state index in [4.69, 9.17) is 0 Å². The number of nitrogens with zero attached hydrogens (tertiary/aromatic N) is 1. The van der Waals surface area contributed by atoms with E-state index in [1.165, 1.54) is 45.8 Å². The average molecular weight is 402 g/mol. The van der Waals surface area contributed by atoms with Crippen molar-refractivity contribution in [1.82, 2.24) is 0 Å². The average Bonchev–Trinajstić information content (AvgIpc) is 2.64. The van der Waals surface area contributed by atoms with Crippen LogP contribution in [0.1, 0.15) is 61.8 Å². The molecule has 2 aromatic rings. The molecule has 0 aromatic heterocycles. The quantitative estimate of drug-likeness (QED) is 0.330. The highest BCUT2D eigenvalue weighted by molar-refractivity contribution is 8.21. The van der Waals surface area contributed by atoms with E-state index in [0.29, 0.717) is 11.8 Å². The van der Waals surface area contributed by atoms with Crippen LogP contribution in [0.3, 0.4) is 0 Å². The van der Waals surface area contributed by atoms with Crippen LogP contribution in [0.5, 0.6) is 0 Å². The van der Waals surface area contributed by atoms with Crippen LogP contribution in [-0.4, -0.2) is 4.92 Å². The fourth-order valence-electron chi connectivity index (χ4n) is 2.51. The summed E-state index contributed by atoms with van der Waals surface area (Å²) in [5.74, 6) is 2.48. The summed E-state index contributed by atoms with van der Waals surface area (Å²) in [7, 11) is 0. The van der Waals surface area contributed by atoms with Crippen LogP contribution in [0.2, 0.25) is 0 Å². The molecule has 0 aliphatic carbocycles. The topological polar surface area (TPSA) is 43.1 Å². The second-order valence-electron chi connectivity index (χ2n) is 7.10. The summed E-state index contributed by atoms with van der Waals surface area (Å²) >= 11 is 3.05. The molecule has 27 heavy (non-hydrogen) atoms. The number of thioether (sulfide) groups is 2. The molecule has 0 spiro atoms. The minimum atomic E-state index is -0.362. The van der Waals surface area contributed by atoms with Crippen molar-refractivity contribution in [2.24, 2.45) is 0 Å². The fraction of sp³-hybridized carbons (Fsp3) is 0.364. The standard InChI is InChI=1S/C22H27NO2S2/c1-16(2)20-9-5-18(6-10-20)14-26-22(13-23(24)25)27-15-19-7-11-21(12-8-19)17(3)4/h5-13,16-17H,14-15H2,1-4H3. The van der Waals surface area contributed by atoms with Gasteiger partial charge in [0.1, 0.15) is 4.24 Å². The Labute approximate surface area is 170 Å². The van der Waals surface area contributed by atoms with Gasteiger partial charge in [-0.15, -0.1) is 23.5 Å². The predicted molar refractivity (Wildman–Crippen MR) is 119 cm³/mol. The lowest BCUT2D eigenvalue weighted by molar-refractivity contribution is -0.402. The van der Waals surface area contributed by atoms with Gasteiger partial charge in [-0.05, 0) is 34.1 Å². The van der Waals surface area contributed by atoms with E-state index in [2.05, 4.69) is 76.2 Å². The first-order valence-electron chi connectivity index (χ1n) is 9.13. The van der Waals surface area contributed by atoms with E-state index in [1.807, 2.05) is 0 Å². The maximum absolute atomic E-state index is 11.0. The van der Waals surface area contributed by atoms with Crippen LogP contribution < -0.4 is 0 Å². The summed E-state index contributed by atoms with van der Waals surface area (Å²) in [5.41, 5.74) is 4.98. The molecule has 0 atom stereocenters. The smallest absolute Gasteiger partial charge is 0.254 e. The molecule has 0 N–H and O–H groups in total. The molecule has 0 saturated carbocycles. The van der Waals surface area contributed by atoms with Gasteiger partial charge in [-0.3, -0.25) is 10.1 Å². The molecule has 0 amide bonds. The molecule has 144 valence electrons. The van der Waals surface area contributed by atoms with Gasteiger partial charge in [-0.2, -0.15) is 0 Å². The Bertz CT molecular complexity index is 708. The highest BCUT2D eigenvalue weighted by Gasteiger charge is 2.08. The van der Waals surface area contributed by atoms with Gasteiger partial charge < -0.3 is 0 Å². The Balaban J connectivity index is 1.95. The van der Waals surface area contributed by atoms with Crippen molar-refractivity contribution in [2.75, 3.05) is 0 Å². The van der Waals surface area contributed by atoms with E-state index in [9.17, 15) is 10.1 Å². The Morgan fingerprint density at radius 3 is 1.52 bits per heavy atom. The van der Waals surface area contributed by atoms with Gasteiger partial charge in [0, 0.05) is 11.5 Å². The summed E-state index contributed by atoms with van der Waals surface area (Å²) in [6.45, 7) is 8.69. The normalized spacial score (nSPS) is 11.0.